The molecule has 1 saturated heterocycles. The fourth-order valence-corrected chi connectivity index (χ4v) is 4.24. The normalized spacial score (nSPS) is 20.8. The third kappa shape index (κ3) is 2.48. The van der Waals surface area contributed by atoms with Crippen LogP contribution >= 0.6 is 0 Å². The van der Waals surface area contributed by atoms with Crippen LogP contribution in [0.2, 0.25) is 0 Å². The van der Waals surface area contributed by atoms with Crippen molar-refractivity contribution in [1.82, 2.24) is 20.2 Å². The van der Waals surface area contributed by atoms with Gasteiger partial charge in [0.15, 0.2) is 15.7 Å². The number of anilines is 1. The molecule has 0 spiro atoms. The van der Waals surface area contributed by atoms with Crippen LogP contribution in [0.4, 0.5) is 10.1 Å². The molecule has 0 aliphatic carbocycles. The molecule has 9 heteroatoms. The number of rotatable bonds is 2. The van der Waals surface area contributed by atoms with Crippen molar-refractivity contribution in [2.24, 2.45) is 0 Å². The fourth-order valence-electron chi connectivity index (χ4n) is 2.55. The van der Waals surface area contributed by atoms with Crippen LogP contribution in [0.15, 0.2) is 12.1 Å². The van der Waals surface area contributed by atoms with Crippen molar-refractivity contribution in [2.75, 3.05) is 17.2 Å². The number of hydrogen-bond acceptors (Lipinski definition) is 6. The lowest BCUT2D eigenvalue weighted by Crippen LogP contribution is -2.14. The lowest BCUT2D eigenvalue weighted by atomic mass is 10.1. The third-order valence-corrected chi connectivity index (χ3v) is 5.32. The maximum atomic E-state index is 14.3. The number of aryl methyl sites for hydroxylation is 1. The predicted octanol–water partition coefficient (Wildman–Crippen LogP) is 0.729. The van der Waals surface area contributed by atoms with E-state index in [-0.39, 0.29) is 28.9 Å². The van der Waals surface area contributed by atoms with Gasteiger partial charge in [0, 0.05) is 5.69 Å². The highest BCUT2D eigenvalue weighted by Crippen LogP contribution is 2.30. The minimum Gasteiger partial charge on any atom is -0.399 e. The molecule has 0 amide bonds. The maximum absolute atomic E-state index is 14.3. The van der Waals surface area contributed by atoms with Crippen LogP contribution in [0.3, 0.4) is 0 Å². The van der Waals surface area contributed by atoms with Gasteiger partial charge in [-0.1, -0.05) is 0 Å². The summed E-state index contributed by atoms with van der Waals surface area (Å²) in [6.07, 6.45) is 0.420. The van der Waals surface area contributed by atoms with E-state index in [4.69, 9.17) is 5.73 Å². The van der Waals surface area contributed by atoms with Crippen LogP contribution in [0.5, 0.6) is 0 Å². The minimum absolute atomic E-state index is 0.0338. The van der Waals surface area contributed by atoms with Gasteiger partial charge in [0.05, 0.1) is 23.1 Å². The molecule has 1 aliphatic heterocycles. The topological polar surface area (TPSA) is 104 Å². The van der Waals surface area contributed by atoms with E-state index in [0.29, 0.717) is 17.7 Å². The fraction of sp³-hybridized carbons (Fsp3) is 0.417. The molecular formula is C12H14FN5O2S. The molecular weight excluding hydrogens is 297 g/mol. The number of nitrogen functional groups attached to an aromatic ring is 1. The summed E-state index contributed by atoms with van der Waals surface area (Å²) in [6.45, 7) is 1.60. The van der Waals surface area contributed by atoms with Crippen molar-refractivity contribution in [3.63, 3.8) is 0 Å². The Morgan fingerprint density at radius 2 is 2.19 bits per heavy atom. The van der Waals surface area contributed by atoms with Gasteiger partial charge in [-0.15, -0.1) is 5.10 Å². The molecule has 0 saturated carbocycles. The van der Waals surface area contributed by atoms with Gasteiger partial charge in [0.1, 0.15) is 5.82 Å². The second-order valence-corrected chi connectivity index (χ2v) is 7.43. The molecule has 2 heterocycles. The number of tetrazole rings is 1. The molecule has 112 valence electrons. The van der Waals surface area contributed by atoms with E-state index in [9.17, 15) is 12.8 Å². The van der Waals surface area contributed by atoms with Crippen LogP contribution in [-0.4, -0.2) is 40.1 Å². The van der Waals surface area contributed by atoms with Crippen molar-refractivity contribution in [3.8, 4) is 11.4 Å². The third-order valence-electron chi connectivity index (χ3n) is 3.56. The summed E-state index contributed by atoms with van der Waals surface area (Å²) in [7, 11) is -3.08. The number of hydrogen-bond donors (Lipinski definition) is 1. The lowest BCUT2D eigenvalue weighted by molar-refractivity contribution is 0.487. The monoisotopic (exact) mass is 311 g/mol. The summed E-state index contributed by atoms with van der Waals surface area (Å²) in [6, 6.07) is 2.60. The second kappa shape index (κ2) is 4.76. The molecule has 3 rings (SSSR count). The molecule has 2 aromatic rings. The highest BCUT2D eigenvalue weighted by molar-refractivity contribution is 7.91. The van der Waals surface area contributed by atoms with Crippen molar-refractivity contribution in [1.29, 1.82) is 0 Å². The van der Waals surface area contributed by atoms with Crippen LogP contribution in [-0.2, 0) is 9.84 Å². The molecule has 1 aromatic heterocycles. The molecule has 21 heavy (non-hydrogen) atoms. The summed E-state index contributed by atoms with van der Waals surface area (Å²) < 4.78 is 38.8. The van der Waals surface area contributed by atoms with Gasteiger partial charge in [-0.3, -0.25) is 0 Å². The standard InChI is InChI=1S/C12H14FN5O2S/c1-7-4-8(14)5-10(11(7)13)12-15-16-17-18(12)9-2-3-21(19,20)6-9/h4-5,9H,2-3,6,14H2,1H3. The van der Waals surface area contributed by atoms with Gasteiger partial charge >= 0.3 is 0 Å². The van der Waals surface area contributed by atoms with Gasteiger partial charge in [0.2, 0.25) is 0 Å². The van der Waals surface area contributed by atoms with Gasteiger partial charge in [0.25, 0.3) is 0 Å². The average molecular weight is 311 g/mol. The molecule has 7 nitrogen and oxygen atoms in total. The van der Waals surface area contributed by atoms with E-state index in [1.165, 1.54) is 16.8 Å². The van der Waals surface area contributed by atoms with Crippen LogP contribution < -0.4 is 5.73 Å². The van der Waals surface area contributed by atoms with E-state index in [0.717, 1.165) is 0 Å². The Balaban J connectivity index is 2.08. The van der Waals surface area contributed by atoms with Crippen LogP contribution in [0.25, 0.3) is 11.4 Å². The largest absolute Gasteiger partial charge is 0.399 e. The summed E-state index contributed by atoms with van der Waals surface area (Å²) in [5.74, 6) is -0.199. The van der Waals surface area contributed by atoms with E-state index in [2.05, 4.69) is 15.5 Å². The molecule has 1 aliphatic rings. The van der Waals surface area contributed by atoms with Gasteiger partial charge in [-0.25, -0.2) is 17.5 Å². The lowest BCUT2D eigenvalue weighted by Gasteiger charge is -2.12. The average Bonchev–Trinajstić information content (AvgIpc) is 2.99. The summed E-state index contributed by atoms with van der Waals surface area (Å²) in [4.78, 5) is 0. The number of halogens is 1. The Labute approximate surface area is 120 Å². The van der Waals surface area contributed by atoms with E-state index >= 15 is 0 Å². The quantitative estimate of drug-likeness (QED) is 0.820. The van der Waals surface area contributed by atoms with Crippen molar-refractivity contribution >= 4 is 15.5 Å². The number of benzene rings is 1. The first kappa shape index (κ1) is 13.9. The first-order valence-corrected chi connectivity index (χ1v) is 8.24. The molecule has 1 fully saturated rings. The second-order valence-electron chi connectivity index (χ2n) is 5.20. The minimum atomic E-state index is -3.08. The first-order chi connectivity index (χ1) is 9.87. The Bertz CT molecular complexity index is 802. The highest BCUT2D eigenvalue weighted by atomic mass is 32.2. The van der Waals surface area contributed by atoms with E-state index in [1.807, 2.05) is 0 Å². The SMILES string of the molecule is Cc1cc(N)cc(-c2nnnn2C2CCS(=O)(=O)C2)c1F. The Kier molecular flexibility index (Phi) is 3.16. The van der Waals surface area contributed by atoms with Gasteiger partial charge < -0.3 is 5.73 Å². The van der Waals surface area contributed by atoms with E-state index < -0.39 is 15.7 Å². The molecule has 1 atom stereocenters. The number of nitrogens with two attached hydrogens (primary N) is 1. The molecule has 1 unspecified atom stereocenters. The Morgan fingerprint density at radius 3 is 2.86 bits per heavy atom. The van der Waals surface area contributed by atoms with E-state index in [1.54, 1.807) is 6.92 Å². The molecule has 2 N–H and O–H groups in total. The van der Waals surface area contributed by atoms with Crippen LogP contribution in [0.1, 0.15) is 18.0 Å². The summed E-state index contributed by atoms with van der Waals surface area (Å²) in [5, 5.41) is 11.2. The van der Waals surface area contributed by atoms with Gasteiger partial charge in [-0.2, -0.15) is 0 Å². The zero-order valence-corrected chi connectivity index (χ0v) is 12.1. The molecule has 0 bridgehead atoms. The van der Waals surface area contributed by atoms with Crippen LogP contribution in [0, 0.1) is 12.7 Å². The van der Waals surface area contributed by atoms with Crippen molar-refractivity contribution < 1.29 is 12.8 Å². The van der Waals surface area contributed by atoms with Crippen molar-refractivity contribution in [2.45, 2.75) is 19.4 Å². The number of sulfone groups is 1. The van der Waals surface area contributed by atoms with Crippen molar-refractivity contribution in [3.05, 3.63) is 23.5 Å². The van der Waals surface area contributed by atoms with Gasteiger partial charge in [-0.05, 0) is 41.5 Å². The summed E-state index contributed by atoms with van der Waals surface area (Å²) >= 11 is 0. The zero-order chi connectivity index (χ0) is 15.2. The zero-order valence-electron chi connectivity index (χ0n) is 11.3. The smallest absolute Gasteiger partial charge is 0.185 e. The Hall–Kier alpha value is -2.03. The number of nitrogens with zero attached hydrogens (tertiary/aromatic N) is 4. The molecule has 1 aromatic carbocycles. The highest BCUT2D eigenvalue weighted by Gasteiger charge is 2.32. The number of aromatic nitrogens is 4. The summed E-state index contributed by atoms with van der Waals surface area (Å²) in [5.41, 5.74) is 6.71. The molecule has 0 radical (unpaired) electrons. The predicted molar refractivity (Wildman–Crippen MR) is 74.7 cm³/mol. The maximum Gasteiger partial charge on any atom is 0.185 e. The Morgan fingerprint density at radius 1 is 1.43 bits per heavy atom. The first-order valence-electron chi connectivity index (χ1n) is 6.41.